The van der Waals surface area contributed by atoms with Gasteiger partial charge in [-0.2, -0.15) is 0 Å². The Labute approximate surface area is 373 Å². The maximum absolute atomic E-state index is 5.89. The molecule has 4 aromatic carbocycles. The van der Waals surface area contributed by atoms with Gasteiger partial charge in [0, 0.05) is 23.0 Å². The van der Waals surface area contributed by atoms with Gasteiger partial charge in [-0.1, -0.05) is 171 Å². The van der Waals surface area contributed by atoms with Crippen LogP contribution < -0.4 is 9.47 Å². The SMILES string of the molecule is CCCCCCCOc1ccc(-c2ccc(C#CC3CCC(CC)CC3)cc2)cc1.CCCCCCCOc1ccc(-c2ccc(C#CC3CCC(CCC)CC3)cc2)cc1. The summed E-state index contributed by atoms with van der Waals surface area (Å²) in [6, 6.07) is 34.3. The van der Waals surface area contributed by atoms with Gasteiger partial charge in [0.2, 0.25) is 0 Å². The highest BCUT2D eigenvalue weighted by Crippen LogP contribution is 2.32. The van der Waals surface area contributed by atoms with Crippen LogP contribution in [0, 0.1) is 47.4 Å². The quantitative estimate of drug-likeness (QED) is 0.0693. The van der Waals surface area contributed by atoms with E-state index in [1.54, 1.807) is 0 Å². The highest BCUT2D eigenvalue weighted by molar-refractivity contribution is 5.66. The van der Waals surface area contributed by atoms with E-state index in [1.807, 2.05) is 0 Å². The van der Waals surface area contributed by atoms with Crippen molar-refractivity contribution < 1.29 is 9.47 Å². The molecular formula is C59H78O2. The molecule has 0 spiro atoms. The van der Waals surface area contributed by atoms with Crippen LogP contribution in [-0.4, -0.2) is 13.2 Å². The van der Waals surface area contributed by atoms with Gasteiger partial charge in [-0.05, 0) is 147 Å². The molecule has 0 amide bonds. The maximum Gasteiger partial charge on any atom is 0.119 e. The summed E-state index contributed by atoms with van der Waals surface area (Å²) in [5, 5.41) is 0. The normalized spacial score (nSPS) is 18.4. The van der Waals surface area contributed by atoms with Crippen molar-refractivity contribution in [3.63, 3.8) is 0 Å². The molecule has 0 bridgehead atoms. The fourth-order valence-electron chi connectivity index (χ4n) is 8.86. The van der Waals surface area contributed by atoms with Crippen LogP contribution in [0.5, 0.6) is 11.5 Å². The van der Waals surface area contributed by atoms with Crippen molar-refractivity contribution in [1.82, 2.24) is 0 Å². The molecule has 0 atom stereocenters. The Hall–Kier alpha value is -4.40. The lowest BCUT2D eigenvalue weighted by Gasteiger charge is -2.25. The molecule has 4 aromatic rings. The van der Waals surface area contributed by atoms with Crippen molar-refractivity contribution in [2.24, 2.45) is 23.7 Å². The second kappa shape index (κ2) is 28.2. The number of hydrogen-bond donors (Lipinski definition) is 0. The molecule has 0 radical (unpaired) electrons. The van der Waals surface area contributed by atoms with Crippen LogP contribution in [0.2, 0.25) is 0 Å². The molecule has 2 nitrogen and oxygen atoms in total. The Morgan fingerprint density at radius 2 is 0.754 bits per heavy atom. The van der Waals surface area contributed by atoms with Crippen LogP contribution >= 0.6 is 0 Å². The summed E-state index contributed by atoms with van der Waals surface area (Å²) >= 11 is 0. The number of unbranched alkanes of at least 4 members (excludes halogenated alkanes) is 8. The molecule has 2 aliphatic carbocycles. The molecule has 2 saturated carbocycles. The Bertz CT molecular complexity index is 1870. The highest BCUT2D eigenvalue weighted by atomic mass is 16.5. The van der Waals surface area contributed by atoms with E-state index in [4.69, 9.17) is 9.47 Å². The fourth-order valence-corrected chi connectivity index (χ4v) is 8.86. The Morgan fingerprint density at radius 3 is 1.11 bits per heavy atom. The smallest absolute Gasteiger partial charge is 0.119 e. The molecule has 2 aliphatic rings. The van der Waals surface area contributed by atoms with Gasteiger partial charge < -0.3 is 9.47 Å². The molecule has 61 heavy (non-hydrogen) atoms. The van der Waals surface area contributed by atoms with E-state index >= 15 is 0 Å². The first-order chi connectivity index (χ1) is 30.1. The summed E-state index contributed by atoms with van der Waals surface area (Å²) in [4.78, 5) is 0. The second-order valence-electron chi connectivity index (χ2n) is 17.9. The van der Waals surface area contributed by atoms with Crippen molar-refractivity contribution in [2.75, 3.05) is 13.2 Å². The Morgan fingerprint density at radius 1 is 0.393 bits per heavy atom. The van der Waals surface area contributed by atoms with E-state index in [2.05, 4.69) is 148 Å². The third-order valence-corrected chi connectivity index (χ3v) is 13.0. The van der Waals surface area contributed by atoms with E-state index in [-0.39, 0.29) is 0 Å². The predicted octanol–water partition coefficient (Wildman–Crippen LogP) is 16.9. The summed E-state index contributed by atoms with van der Waals surface area (Å²) in [6.45, 7) is 10.7. The van der Waals surface area contributed by atoms with Crippen molar-refractivity contribution in [1.29, 1.82) is 0 Å². The first kappa shape index (κ1) is 47.6. The van der Waals surface area contributed by atoms with Gasteiger partial charge in [-0.25, -0.2) is 0 Å². The first-order valence-electron chi connectivity index (χ1n) is 24.8. The molecule has 0 unspecified atom stereocenters. The van der Waals surface area contributed by atoms with Crippen LogP contribution in [0.15, 0.2) is 97.1 Å². The van der Waals surface area contributed by atoms with Gasteiger partial charge in [0.25, 0.3) is 0 Å². The zero-order chi connectivity index (χ0) is 42.7. The molecule has 0 N–H and O–H groups in total. The zero-order valence-corrected chi connectivity index (χ0v) is 38.6. The third-order valence-electron chi connectivity index (χ3n) is 13.0. The molecule has 0 aliphatic heterocycles. The topological polar surface area (TPSA) is 18.5 Å². The largest absolute Gasteiger partial charge is 0.494 e. The third kappa shape index (κ3) is 17.8. The van der Waals surface area contributed by atoms with Gasteiger partial charge in [0.15, 0.2) is 0 Å². The van der Waals surface area contributed by atoms with E-state index < -0.39 is 0 Å². The average Bonchev–Trinajstić information content (AvgIpc) is 3.31. The number of benzene rings is 4. The van der Waals surface area contributed by atoms with Crippen molar-refractivity contribution >= 4 is 0 Å². The van der Waals surface area contributed by atoms with Crippen LogP contribution in [0.4, 0.5) is 0 Å². The maximum atomic E-state index is 5.89. The average molecular weight is 819 g/mol. The standard InChI is InChI=1S/C30H40O.C29H38O/c1-3-5-6-7-8-24-31-30-22-20-29(21-23-30)28-18-16-27(17-19-28)15-14-26-12-10-25(9-4-2)11-13-26;1-3-5-6-7-8-23-30-29-21-19-28(20-22-29)27-17-15-26(16-18-27)14-13-25-11-9-24(4-2)10-12-25/h16-23,25-26H,3-13,24H2,1-2H3;15-22,24-25H,3-12,23H2,1-2H3. The number of ether oxygens (including phenoxy) is 2. The first-order valence-corrected chi connectivity index (χ1v) is 24.8. The predicted molar refractivity (Wildman–Crippen MR) is 262 cm³/mol. The van der Waals surface area contributed by atoms with Crippen molar-refractivity contribution in [2.45, 2.75) is 163 Å². The molecule has 0 saturated heterocycles. The summed E-state index contributed by atoms with van der Waals surface area (Å²) in [6.07, 6.45) is 27.3. The fraction of sp³-hybridized carbons (Fsp3) is 0.525. The van der Waals surface area contributed by atoms with E-state index in [9.17, 15) is 0 Å². The van der Waals surface area contributed by atoms with Crippen LogP contribution in [0.25, 0.3) is 22.3 Å². The highest BCUT2D eigenvalue weighted by Gasteiger charge is 2.19. The van der Waals surface area contributed by atoms with E-state index in [1.165, 1.54) is 144 Å². The van der Waals surface area contributed by atoms with Gasteiger partial charge in [-0.3, -0.25) is 0 Å². The molecule has 0 aromatic heterocycles. The molecule has 326 valence electrons. The molecular weight excluding hydrogens is 741 g/mol. The second-order valence-corrected chi connectivity index (χ2v) is 17.9. The molecule has 2 fully saturated rings. The minimum absolute atomic E-state index is 0.590. The lowest BCUT2D eigenvalue weighted by molar-refractivity contribution is 0.300. The molecule has 0 heterocycles. The Kier molecular flexibility index (Phi) is 22.1. The number of hydrogen-bond acceptors (Lipinski definition) is 2. The van der Waals surface area contributed by atoms with Crippen LogP contribution in [0.1, 0.15) is 174 Å². The minimum Gasteiger partial charge on any atom is -0.494 e. The van der Waals surface area contributed by atoms with E-state index in [0.29, 0.717) is 11.8 Å². The molecule has 2 heteroatoms. The van der Waals surface area contributed by atoms with Crippen LogP contribution in [-0.2, 0) is 0 Å². The van der Waals surface area contributed by atoms with Crippen molar-refractivity contribution in [3.8, 4) is 57.4 Å². The summed E-state index contributed by atoms with van der Waals surface area (Å²) in [5.41, 5.74) is 7.17. The van der Waals surface area contributed by atoms with Gasteiger partial charge in [0.1, 0.15) is 11.5 Å². The zero-order valence-electron chi connectivity index (χ0n) is 38.6. The van der Waals surface area contributed by atoms with Crippen molar-refractivity contribution in [3.05, 3.63) is 108 Å². The van der Waals surface area contributed by atoms with Gasteiger partial charge >= 0.3 is 0 Å². The lowest BCUT2D eigenvalue weighted by Crippen LogP contribution is -2.13. The van der Waals surface area contributed by atoms with Gasteiger partial charge in [-0.15, -0.1) is 0 Å². The summed E-state index contributed by atoms with van der Waals surface area (Å²) in [5.74, 6) is 18.9. The lowest BCUT2D eigenvalue weighted by atomic mass is 9.80. The van der Waals surface area contributed by atoms with E-state index in [0.717, 1.165) is 60.5 Å². The monoisotopic (exact) mass is 819 g/mol. The summed E-state index contributed by atoms with van der Waals surface area (Å²) in [7, 11) is 0. The number of rotatable bonds is 19. The minimum atomic E-state index is 0.590. The van der Waals surface area contributed by atoms with Gasteiger partial charge in [0.05, 0.1) is 13.2 Å². The summed E-state index contributed by atoms with van der Waals surface area (Å²) < 4.78 is 11.8. The van der Waals surface area contributed by atoms with Crippen LogP contribution in [0.3, 0.4) is 0 Å². The Balaban J connectivity index is 0.000000231. The molecule has 6 rings (SSSR count).